The average molecular weight is 205 g/mol. The largest absolute Gasteiger partial charge is 0.496 e. The molecule has 0 aliphatic carbocycles. The number of halogens is 2. The number of benzene rings is 1. The van der Waals surface area contributed by atoms with Gasteiger partial charge in [-0.25, -0.2) is 0 Å². The molecule has 0 fully saturated rings. The van der Waals surface area contributed by atoms with Gasteiger partial charge >= 0.3 is 0 Å². The van der Waals surface area contributed by atoms with Crippen LogP contribution in [0.4, 0.5) is 0 Å². The van der Waals surface area contributed by atoms with Crippen molar-refractivity contribution in [2.75, 3.05) is 7.11 Å². The third-order valence-electron chi connectivity index (χ3n) is 1.58. The number of alkyl halides is 2. The zero-order chi connectivity index (χ0) is 9.19. The molecule has 0 N–H and O–H groups in total. The van der Waals surface area contributed by atoms with Gasteiger partial charge in [-0.05, 0) is 13.0 Å². The fraction of sp³-hybridized carbons (Fsp3) is 0.333. The van der Waals surface area contributed by atoms with E-state index in [1.54, 1.807) is 14.0 Å². The Morgan fingerprint density at radius 3 is 2.25 bits per heavy atom. The zero-order valence-corrected chi connectivity index (χ0v) is 8.49. The minimum atomic E-state index is -0.896. The van der Waals surface area contributed by atoms with Crippen LogP contribution in [0.15, 0.2) is 24.3 Å². The normalized spacial score (nSPS) is 11.3. The molecule has 1 nitrogen and oxygen atoms in total. The Bertz CT molecular complexity index is 265. The third kappa shape index (κ3) is 2.05. The second-order valence-corrected chi connectivity index (χ2v) is 4.29. The topological polar surface area (TPSA) is 9.23 Å². The van der Waals surface area contributed by atoms with Crippen LogP contribution in [0.1, 0.15) is 12.5 Å². The number of para-hydroxylation sites is 1. The molecule has 1 rings (SSSR count). The minimum Gasteiger partial charge on any atom is -0.496 e. The van der Waals surface area contributed by atoms with E-state index in [0.717, 1.165) is 5.56 Å². The Morgan fingerprint density at radius 2 is 1.83 bits per heavy atom. The molecular formula is C9H10Cl2O. The predicted molar refractivity (Wildman–Crippen MR) is 52.1 cm³/mol. The minimum absolute atomic E-state index is 0.713. The van der Waals surface area contributed by atoms with Crippen LogP contribution in [-0.2, 0) is 4.33 Å². The molecule has 0 spiro atoms. The van der Waals surface area contributed by atoms with E-state index in [-0.39, 0.29) is 0 Å². The summed E-state index contributed by atoms with van der Waals surface area (Å²) in [5.41, 5.74) is 0.788. The summed E-state index contributed by atoms with van der Waals surface area (Å²) in [5.74, 6) is 0.713. The molecule has 66 valence electrons. The Hall–Kier alpha value is -0.400. The maximum Gasteiger partial charge on any atom is 0.143 e. The van der Waals surface area contributed by atoms with Crippen LogP contribution < -0.4 is 4.74 Å². The van der Waals surface area contributed by atoms with E-state index in [0.29, 0.717) is 5.75 Å². The van der Waals surface area contributed by atoms with Gasteiger partial charge in [-0.15, -0.1) is 0 Å². The van der Waals surface area contributed by atoms with Crippen LogP contribution in [-0.4, -0.2) is 7.11 Å². The van der Waals surface area contributed by atoms with Crippen molar-refractivity contribution in [2.24, 2.45) is 0 Å². The highest BCUT2D eigenvalue weighted by atomic mass is 35.5. The highest BCUT2D eigenvalue weighted by Crippen LogP contribution is 2.38. The fourth-order valence-electron chi connectivity index (χ4n) is 1.01. The van der Waals surface area contributed by atoms with E-state index >= 15 is 0 Å². The third-order valence-corrected chi connectivity index (χ3v) is 1.99. The number of methoxy groups -OCH3 is 1. The second-order valence-electron chi connectivity index (χ2n) is 2.59. The van der Waals surface area contributed by atoms with Crippen molar-refractivity contribution >= 4 is 23.2 Å². The van der Waals surface area contributed by atoms with Gasteiger partial charge in [-0.2, -0.15) is 0 Å². The van der Waals surface area contributed by atoms with Crippen molar-refractivity contribution in [1.29, 1.82) is 0 Å². The van der Waals surface area contributed by atoms with Crippen molar-refractivity contribution in [3.8, 4) is 5.75 Å². The van der Waals surface area contributed by atoms with Gasteiger partial charge in [0.05, 0.1) is 7.11 Å². The first kappa shape index (κ1) is 9.69. The van der Waals surface area contributed by atoms with Gasteiger partial charge in [0.2, 0.25) is 0 Å². The molecule has 0 amide bonds. The molecule has 0 saturated heterocycles. The van der Waals surface area contributed by atoms with Gasteiger partial charge in [0.25, 0.3) is 0 Å². The van der Waals surface area contributed by atoms with Crippen LogP contribution in [0, 0.1) is 0 Å². The first-order valence-corrected chi connectivity index (χ1v) is 4.32. The summed E-state index contributed by atoms with van der Waals surface area (Å²) in [6, 6.07) is 7.43. The molecule has 0 aliphatic heterocycles. The Morgan fingerprint density at radius 1 is 1.25 bits per heavy atom. The lowest BCUT2D eigenvalue weighted by Gasteiger charge is -2.16. The zero-order valence-electron chi connectivity index (χ0n) is 6.97. The van der Waals surface area contributed by atoms with Crippen molar-refractivity contribution in [1.82, 2.24) is 0 Å². The van der Waals surface area contributed by atoms with Crippen molar-refractivity contribution < 1.29 is 4.74 Å². The molecule has 0 radical (unpaired) electrons. The van der Waals surface area contributed by atoms with E-state index in [4.69, 9.17) is 27.9 Å². The molecule has 1 aromatic rings. The van der Waals surface area contributed by atoms with E-state index in [2.05, 4.69) is 0 Å². The summed E-state index contributed by atoms with van der Waals surface area (Å²) in [6.45, 7) is 1.72. The van der Waals surface area contributed by atoms with Crippen LogP contribution in [0.2, 0.25) is 0 Å². The smallest absolute Gasteiger partial charge is 0.143 e. The van der Waals surface area contributed by atoms with E-state index in [9.17, 15) is 0 Å². The summed E-state index contributed by atoms with van der Waals surface area (Å²) < 4.78 is 4.21. The Kier molecular flexibility index (Phi) is 2.86. The van der Waals surface area contributed by atoms with Crippen LogP contribution in [0.3, 0.4) is 0 Å². The number of ether oxygens (including phenoxy) is 1. The quantitative estimate of drug-likeness (QED) is 0.672. The lowest BCUT2D eigenvalue weighted by atomic mass is 10.1. The highest BCUT2D eigenvalue weighted by molar-refractivity contribution is 6.47. The lowest BCUT2D eigenvalue weighted by molar-refractivity contribution is 0.408. The average Bonchev–Trinajstić information content (AvgIpc) is 2.03. The van der Waals surface area contributed by atoms with Crippen LogP contribution in [0.25, 0.3) is 0 Å². The summed E-state index contributed by atoms with van der Waals surface area (Å²) in [4.78, 5) is 0. The monoisotopic (exact) mass is 204 g/mol. The Balaban J connectivity index is 3.14. The number of hydrogen-bond acceptors (Lipinski definition) is 1. The van der Waals surface area contributed by atoms with Crippen LogP contribution in [0.5, 0.6) is 5.75 Å². The summed E-state index contributed by atoms with van der Waals surface area (Å²) >= 11 is 11.9. The molecule has 3 heteroatoms. The van der Waals surface area contributed by atoms with Crippen molar-refractivity contribution in [3.63, 3.8) is 0 Å². The molecule has 0 atom stereocenters. The number of hydrogen-bond donors (Lipinski definition) is 0. The van der Waals surface area contributed by atoms with Gasteiger partial charge < -0.3 is 4.74 Å². The Labute approximate surface area is 82.2 Å². The predicted octanol–water partition coefficient (Wildman–Crippen LogP) is 3.35. The SMILES string of the molecule is COc1ccccc1C(C)(Cl)Cl. The summed E-state index contributed by atoms with van der Waals surface area (Å²) in [5, 5.41) is 0. The van der Waals surface area contributed by atoms with Gasteiger partial charge in [0, 0.05) is 5.56 Å². The molecule has 0 aliphatic rings. The maximum absolute atomic E-state index is 5.93. The standard InChI is InChI=1S/C9H10Cl2O/c1-9(10,11)7-5-3-4-6-8(7)12-2/h3-6H,1-2H3. The van der Waals surface area contributed by atoms with Gasteiger partial charge in [-0.1, -0.05) is 41.4 Å². The second kappa shape index (κ2) is 3.55. The molecule has 0 saturated carbocycles. The fourth-order valence-corrected chi connectivity index (χ4v) is 1.32. The molecule has 0 unspecified atom stereocenters. The molecule has 1 aromatic carbocycles. The molecule has 12 heavy (non-hydrogen) atoms. The lowest BCUT2D eigenvalue weighted by Crippen LogP contribution is -2.05. The molecule has 0 aromatic heterocycles. The van der Waals surface area contributed by atoms with Crippen LogP contribution >= 0.6 is 23.2 Å². The van der Waals surface area contributed by atoms with Crippen molar-refractivity contribution in [2.45, 2.75) is 11.3 Å². The summed E-state index contributed by atoms with van der Waals surface area (Å²) in [7, 11) is 1.60. The van der Waals surface area contributed by atoms with Gasteiger partial charge in [0.1, 0.15) is 10.1 Å². The molecular weight excluding hydrogens is 195 g/mol. The first-order chi connectivity index (χ1) is 5.55. The number of rotatable bonds is 2. The van der Waals surface area contributed by atoms with Crippen molar-refractivity contribution in [3.05, 3.63) is 29.8 Å². The highest BCUT2D eigenvalue weighted by Gasteiger charge is 2.22. The van der Waals surface area contributed by atoms with E-state index in [1.165, 1.54) is 0 Å². The molecule has 0 heterocycles. The summed E-state index contributed by atoms with van der Waals surface area (Å²) in [6.07, 6.45) is 0. The van der Waals surface area contributed by atoms with Gasteiger partial charge in [0.15, 0.2) is 0 Å². The van der Waals surface area contributed by atoms with E-state index < -0.39 is 4.33 Å². The maximum atomic E-state index is 5.93. The molecule has 0 bridgehead atoms. The van der Waals surface area contributed by atoms with E-state index in [1.807, 2.05) is 24.3 Å². The van der Waals surface area contributed by atoms with Gasteiger partial charge in [-0.3, -0.25) is 0 Å². The first-order valence-electron chi connectivity index (χ1n) is 3.57.